The minimum atomic E-state index is 0.487. The zero-order valence-electron chi connectivity index (χ0n) is 5.50. The second-order valence-corrected chi connectivity index (χ2v) is 3.61. The van der Waals surface area contributed by atoms with Crippen LogP contribution in [0.1, 0.15) is 5.56 Å². The Labute approximate surface area is 83.9 Å². The maximum Gasteiger partial charge on any atom is 0.0607 e. The zero-order valence-corrected chi connectivity index (χ0v) is 8.76. The van der Waals surface area contributed by atoms with Crippen LogP contribution < -0.4 is 0 Å². The van der Waals surface area contributed by atoms with Crippen LogP contribution in [0.3, 0.4) is 0 Å². The SMILES string of the molecule is [Si]Cc1cc(Cl)c(Cl)cc1Cl. The summed E-state index contributed by atoms with van der Waals surface area (Å²) in [4.78, 5) is 0. The molecule has 0 aliphatic carbocycles. The standard InChI is InChI=1S/C7H4Cl3Si/c8-5-2-7(10)6(9)1-4(5)3-11/h1-2H,3H2. The van der Waals surface area contributed by atoms with Gasteiger partial charge in [-0.15, -0.1) is 0 Å². The Balaban J connectivity index is 3.21. The van der Waals surface area contributed by atoms with Gasteiger partial charge in [-0.2, -0.15) is 0 Å². The van der Waals surface area contributed by atoms with Crippen LogP contribution in [0, 0.1) is 0 Å². The van der Waals surface area contributed by atoms with Crippen molar-refractivity contribution in [1.82, 2.24) is 0 Å². The van der Waals surface area contributed by atoms with E-state index in [1.54, 1.807) is 12.1 Å². The van der Waals surface area contributed by atoms with Gasteiger partial charge in [0, 0.05) is 15.3 Å². The van der Waals surface area contributed by atoms with Gasteiger partial charge in [-0.3, -0.25) is 0 Å². The Kier molecular flexibility index (Phi) is 3.25. The molecule has 0 aromatic heterocycles. The van der Waals surface area contributed by atoms with Gasteiger partial charge in [-0.1, -0.05) is 34.8 Å². The smallest absolute Gasteiger partial charge is 0.0607 e. The van der Waals surface area contributed by atoms with E-state index in [0.29, 0.717) is 21.1 Å². The van der Waals surface area contributed by atoms with Crippen LogP contribution in [0.25, 0.3) is 0 Å². The molecule has 1 rings (SSSR count). The van der Waals surface area contributed by atoms with Gasteiger partial charge in [0.25, 0.3) is 0 Å². The lowest BCUT2D eigenvalue weighted by Gasteiger charge is -2.02. The lowest BCUT2D eigenvalue weighted by molar-refractivity contribution is 1.40. The first-order valence-corrected chi connectivity index (χ1v) is 4.77. The molecule has 0 saturated heterocycles. The molecular formula is C7H4Cl3Si. The van der Waals surface area contributed by atoms with Crippen molar-refractivity contribution in [3.63, 3.8) is 0 Å². The van der Waals surface area contributed by atoms with Crippen LogP contribution in [0.15, 0.2) is 12.1 Å². The first kappa shape index (κ1) is 9.40. The third-order valence-corrected chi connectivity index (χ3v) is 2.73. The lowest BCUT2D eigenvalue weighted by Crippen LogP contribution is -1.85. The summed E-state index contributed by atoms with van der Waals surface area (Å²) in [6.45, 7) is 0. The van der Waals surface area contributed by atoms with Crippen molar-refractivity contribution >= 4 is 45.0 Å². The summed E-state index contributed by atoms with van der Waals surface area (Å²) in [5.41, 5.74) is 0.942. The topological polar surface area (TPSA) is 0 Å². The summed E-state index contributed by atoms with van der Waals surface area (Å²) >= 11 is 17.3. The summed E-state index contributed by atoms with van der Waals surface area (Å²) in [7, 11) is 3.33. The van der Waals surface area contributed by atoms with Gasteiger partial charge < -0.3 is 0 Å². The molecule has 0 spiro atoms. The van der Waals surface area contributed by atoms with E-state index in [4.69, 9.17) is 34.8 Å². The van der Waals surface area contributed by atoms with E-state index >= 15 is 0 Å². The average molecular weight is 223 g/mol. The summed E-state index contributed by atoms with van der Waals surface area (Å²) in [5.74, 6) is 0. The number of benzene rings is 1. The molecule has 0 amide bonds. The highest BCUT2D eigenvalue weighted by Crippen LogP contribution is 2.28. The molecule has 0 bridgehead atoms. The molecule has 1 aromatic carbocycles. The molecule has 1 aromatic rings. The fraction of sp³-hybridized carbons (Fsp3) is 0.143. The maximum absolute atomic E-state index is 5.83. The van der Waals surface area contributed by atoms with Crippen molar-refractivity contribution in [1.29, 1.82) is 0 Å². The van der Waals surface area contributed by atoms with Crippen molar-refractivity contribution < 1.29 is 0 Å². The Morgan fingerprint density at radius 3 is 2.09 bits per heavy atom. The summed E-state index contributed by atoms with van der Waals surface area (Å²) in [6.07, 6.45) is 0. The molecule has 0 atom stereocenters. The first-order chi connectivity index (χ1) is 5.15. The van der Waals surface area contributed by atoms with Crippen LogP contribution in [-0.2, 0) is 6.04 Å². The molecule has 0 heterocycles. The molecule has 0 fully saturated rings. The van der Waals surface area contributed by atoms with Crippen LogP contribution in [0.2, 0.25) is 15.1 Å². The van der Waals surface area contributed by atoms with Crippen molar-refractivity contribution in [3.05, 3.63) is 32.8 Å². The third-order valence-electron chi connectivity index (χ3n) is 1.28. The molecule has 0 aliphatic heterocycles. The van der Waals surface area contributed by atoms with Crippen molar-refractivity contribution in [2.75, 3.05) is 0 Å². The van der Waals surface area contributed by atoms with E-state index in [2.05, 4.69) is 10.2 Å². The minimum Gasteiger partial charge on any atom is -0.0840 e. The fourth-order valence-corrected chi connectivity index (χ4v) is 1.74. The van der Waals surface area contributed by atoms with Gasteiger partial charge in [-0.05, 0) is 23.7 Å². The van der Waals surface area contributed by atoms with Crippen LogP contribution >= 0.6 is 34.8 Å². The molecule has 3 radical (unpaired) electrons. The summed E-state index contributed by atoms with van der Waals surface area (Å²) in [5, 5.41) is 1.65. The van der Waals surface area contributed by atoms with Gasteiger partial charge in [0.05, 0.1) is 10.0 Å². The molecule has 4 heteroatoms. The second kappa shape index (κ2) is 3.81. The van der Waals surface area contributed by atoms with Gasteiger partial charge in [-0.25, -0.2) is 0 Å². The average Bonchev–Trinajstić information content (AvgIpc) is 1.97. The fourth-order valence-electron chi connectivity index (χ4n) is 0.699. The summed E-state index contributed by atoms with van der Waals surface area (Å²) in [6, 6.07) is 4.07. The van der Waals surface area contributed by atoms with Gasteiger partial charge >= 0.3 is 0 Å². The first-order valence-electron chi connectivity index (χ1n) is 2.93. The Morgan fingerprint density at radius 1 is 1.00 bits per heavy atom. The van der Waals surface area contributed by atoms with Crippen LogP contribution in [-0.4, -0.2) is 10.2 Å². The highest BCUT2D eigenvalue weighted by Gasteiger charge is 2.03. The number of halogens is 3. The normalized spacial score (nSPS) is 10.2. The van der Waals surface area contributed by atoms with E-state index in [0.717, 1.165) is 5.56 Å². The van der Waals surface area contributed by atoms with Gasteiger partial charge in [0.15, 0.2) is 0 Å². The quantitative estimate of drug-likeness (QED) is 0.505. The number of hydrogen-bond donors (Lipinski definition) is 0. The largest absolute Gasteiger partial charge is 0.0840 e. The van der Waals surface area contributed by atoms with Crippen LogP contribution in [0.5, 0.6) is 0 Å². The van der Waals surface area contributed by atoms with E-state index in [1.165, 1.54) is 0 Å². The van der Waals surface area contributed by atoms with Crippen LogP contribution in [0.4, 0.5) is 0 Å². The molecule has 0 saturated carbocycles. The van der Waals surface area contributed by atoms with E-state index in [-0.39, 0.29) is 0 Å². The Bertz CT molecular complexity index is 273. The Morgan fingerprint density at radius 2 is 1.55 bits per heavy atom. The van der Waals surface area contributed by atoms with E-state index < -0.39 is 0 Å². The highest BCUT2D eigenvalue weighted by atomic mass is 35.5. The predicted octanol–water partition coefficient (Wildman–Crippen LogP) is 3.32. The predicted molar refractivity (Wildman–Crippen MR) is 50.9 cm³/mol. The lowest BCUT2D eigenvalue weighted by atomic mass is 10.2. The second-order valence-electron chi connectivity index (χ2n) is 2.03. The van der Waals surface area contributed by atoms with Crippen molar-refractivity contribution in [2.24, 2.45) is 0 Å². The molecular weight excluding hydrogens is 219 g/mol. The molecule has 11 heavy (non-hydrogen) atoms. The minimum absolute atomic E-state index is 0.487. The molecule has 0 nitrogen and oxygen atoms in total. The third kappa shape index (κ3) is 2.12. The van der Waals surface area contributed by atoms with E-state index in [1.807, 2.05) is 0 Å². The summed E-state index contributed by atoms with van der Waals surface area (Å²) < 4.78 is 0. The molecule has 57 valence electrons. The number of rotatable bonds is 1. The Hall–Kier alpha value is 0.307. The monoisotopic (exact) mass is 221 g/mol. The molecule has 0 N–H and O–H groups in total. The van der Waals surface area contributed by atoms with Gasteiger partial charge in [0.1, 0.15) is 0 Å². The molecule has 0 aliphatic rings. The highest BCUT2D eigenvalue weighted by molar-refractivity contribution is 6.43. The van der Waals surface area contributed by atoms with Gasteiger partial charge in [0.2, 0.25) is 0 Å². The van der Waals surface area contributed by atoms with Crippen molar-refractivity contribution in [3.8, 4) is 0 Å². The number of hydrogen-bond acceptors (Lipinski definition) is 0. The molecule has 0 unspecified atom stereocenters. The van der Waals surface area contributed by atoms with E-state index in [9.17, 15) is 0 Å². The zero-order chi connectivity index (χ0) is 8.43. The van der Waals surface area contributed by atoms with Crippen molar-refractivity contribution in [2.45, 2.75) is 6.04 Å². The maximum atomic E-state index is 5.83.